The summed E-state index contributed by atoms with van der Waals surface area (Å²) in [5, 5.41) is 3.45. The number of guanidine groups is 1. The van der Waals surface area contributed by atoms with Gasteiger partial charge >= 0.3 is 0 Å². The van der Waals surface area contributed by atoms with Gasteiger partial charge in [0.1, 0.15) is 0 Å². The maximum Gasteiger partial charge on any atom is 0.236 e. The van der Waals surface area contributed by atoms with E-state index in [4.69, 9.17) is 4.74 Å². The van der Waals surface area contributed by atoms with Crippen molar-refractivity contribution in [2.45, 2.75) is 39.7 Å². The average Bonchev–Trinajstić information content (AvgIpc) is 3.13. The quantitative estimate of drug-likeness (QED) is 0.577. The normalized spacial score (nSPS) is 21.2. The molecule has 1 unspecified atom stereocenters. The molecule has 2 fully saturated rings. The van der Waals surface area contributed by atoms with Crippen molar-refractivity contribution in [2.75, 3.05) is 66.5 Å². The molecule has 0 aliphatic carbocycles. The SMILES string of the molecule is CN=C(NCC(OC)C(C)(C)C)N1CCN(CC(=O)N2CCCC2)CC1. The molecule has 1 N–H and O–H groups in total. The molecular formula is C19H37N5O2. The summed E-state index contributed by atoms with van der Waals surface area (Å²) in [6.07, 6.45) is 2.43. The minimum absolute atomic E-state index is 0.0786. The molecule has 0 aromatic rings. The zero-order chi connectivity index (χ0) is 19.2. The number of methoxy groups -OCH3 is 1. The van der Waals surface area contributed by atoms with Crippen LogP contribution in [0.2, 0.25) is 0 Å². The minimum Gasteiger partial charge on any atom is -0.379 e. The first kappa shape index (κ1) is 21.0. The highest BCUT2D eigenvalue weighted by Crippen LogP contribution is 2.21. The first-order valence-electron chi connectivity index (χ1n) is 9.83. The van der Waals surface area contributed by atoms with Gasteiger partial charge in [-0.25, -0.2) is 0 Å². The number of piperazine rings is 1. The van der Waals surface area contributed by atoms with E-state index in [2.05, 4.69) is 40.9 Å². The highest BCUT2D eigenvalue weighted by molar-refractivity contribution is 5.80. The maximum absolute atomic E-state index is 12.3. The van der Waals surface area contributed by atoms with Crippen molar-refractivity contribution in [3.05, 3.63) is 0 Å². The molecule has 2 heterocycles. The Morgan fingerprint density at radius 1 is 1.08 bits per heavy atom. The summed E-state index contributed by atoms with van der Waals surface area (Å²) in [6.45, 7) is 13.3. The Balaban J connectivity index is 1.77. The number of rotatable bonds is 5. The summed E-state index contributed by atoms with van der Waals surface area (Å²) in [5.41, 5.74) is 0.0786. The van der Waals surface area contributed by atoms with E-state index < -0.39 is 0 Å². The zero-order valence-electron chi connectivity index (χ0n) is 17.3. The lowest BCUT2D eigenvalue weighted by molar-refractivity contribution is -0.131. The van der Waals surface area contributed by atoms with Crippen LogP contribution in [0.4, 0.5) is 0 Å². The van der Waals surface area contributed by atoms with Crippen molar-refractivity contribution >= 4 is 11.9 Å². The minimum atomic E-state index is 0.0786. The lowest BCUT2D eigenvalue weighted by Crippen LogP contribution is -2.55. The smallest absolute Gasteiger partial charge is 0.236 e. The van der Waals surface area contributed by atoms with E-state index >= 15 is 0 Å². The van der Waals surface area contributed by atoms with E-state index in [1.807, 2.05) is 11.9 Å². The van der Waals surface area contributed by atoms with E-state index in [1.165, 1.54) is 0 Å². The fourth-order valence-electron chi connectivity index (χ4n) is 3.63. The summed E-state index contributed by atoms with van der Waals surface area (Å²) in [7, 11) is 3.58. The molecule has 26 heavy (non-hydrogen) atoms. The third-order valence-corrected chi connectivity index (χ3v) is 5.40. The number of hydrogen-bond acceptors (Lipinski definition) is 4. The fraction of sp³-hybridized carbons (Fsp3) is 0.895. The summed E-state index contributed by atoms with van der Waals surface area (Å²) < 4.78 is 5.62. The molecular weight excluding hydrogens is 330 g/mol. The molecule has 7 heteroatoms. The first-order chi connectivity index (χ1) is 12.3. The van der Waals surface area contributed by atoms with Gasteiger partial charge in [-0.05, 0) is 18.3 Å². The van der Waals surface area contributed by atoms with Crippen molar-refractivity contribution < 1.29 is 9.53 Å². The molecule has 2 aliphatic heterocycles. The van der Waals surface area contributed by atoms with Crippen LogP contribution in [0, 0.1) is 5.41 Å². The van der Waals surface area contributed by atoms with Crippen molar-refractivity contribution in [2.24, 2.45) is 10.4 Å². The fourth-order valence-corrected chi connectivity index (χ4v) is 3.63. The van der Waals surface area contributed by atoms with Gasteiger partial charge in [-0.1, -0.05) is 20.8 Å². The molecule has 150 valence electrons. The van der Waals surface area contributed by atoms with Crippen LogP contribution in [0.15, 0.2) is 4.99 Å². The van der Waals surface area contributed by atoms with Crippen LogP contribution in [0.1, 0.15) is 33.6 Å². The highest BCUT2D eigenvalue weighted by Gasteiger charge is 2.27. The van der Waals surface area contributed by atoms with Crippen LogP contribution in [0.3, 0.4) is 0 Å². The second-order valence-corrected chi connectivity index (χ2v) is 8.37. The summed E-state index contributed by atoms with van der Waals surface area (Å²) in [5.74, 6) is 1.20. The lowest BCUT2D eigenvalue weighted by Gasteiger charge is -2.37. The van der Waals surface area contributed by atoms with Crippen molar-refractivity contribution in [1.82, 2.24) is 20.0 Å². The monoisotopic (exact) mass is 367 g/mol. The Labute approximate surface area is 158 Å². The first-order valence-corrected chi connectivity index (χ1v) is 9.83. The van der Waals surface area contributed by atoms with Gasteiger partial charge in [-0.2, -0.15) is 0 Å². The molecule has 0 aromatic heterocycles. The molecule has 2 rings (SSSR count). The molecule has 0 radical (unpaired) electrons. The number of nitrogens with one attached hydrogen (secondary N) is 1. The van der Waals surface area contributed by atoms with Crippen LogP contribution in [0.25, 0.3) is 0 Å². The van der Waals surface area contributed by atoms with Crippen LogP contribution in [-0.4, -0.2) is 99.2 Å². The van der Waals surface area contributed by atoms with Crippen LogP contribution in [0.5, 0.6) is 0 Å². The number of amides is 1. The van der Waals surface area contributed by atoms with E-state index in [9.17, 15) is 4.79 Å². The lowest BCUT2D eigenvalue weighted by atomic mass is 9.89. The number of hydrogen-bond donors (Lipinski definition) is 1. The van der Waals surface area contributed by atoms with Crippen LogP contribution < -0.4 is 5.32 Å². The predicted octanol–water partition coefficient (Wildman–Crippen LogP) is 0.863. The largest absolute Gasteiger partial charge is 0.379 e. The molecule has 2 aliphatic rings. The number of likely N-dealkylation sites (tertiary alicyclic amines) is 1. The molecule has 7 nitrogen and oxygen atoms in total. The van der Waals surface area contributed by atoms with Gasteiger partial charge in [-0.15, -0.1) is 0 Å². The van der Waals surface area contributed by atoms with E-state index in [0.29, 0.717) is 6.54 Å². The van der Waals surface area contributed by atoms with Gasteiger partial charge < -0.3 is 19.9 Å². The Kier molecular flexibility index (Phi) is 7.70. The standard InChI is InChI=1S/C19H37N5O2/c1-19(2,3)16(26-5)14-21-18(20-4)24-12-10-22(11-13-24)15-17(25)23-8-6-7-9-23/h16H,6-15H2,1-5H3,(H,20,21). The second kappa shape index (κ2) is 9.55. The Morgan fingerprint density at radius 2 is 1.69 bits per heavy atom. The number of carbonyl (C=O) groups is 1. The van der Waals surface area contributed by atoms with E-state index in [-0.39, 0.29) is 17.4 Å². The Morgan fingerprint density at radius 3 is 2.19 bits per heavy atom. The van der Waals surface area contributed by atoms with Crippen molar-refractivity contribution in [1.29, 1.82) is 0 Å². The highest BCUT2D eigenvalue weighted by atomic mass is 16.5. The van der Waals surface area contributed by atoms with Gasteiger partial charge in [0, 0.05) is 60.0 Å². The molecule has 0 saturated carbocycles. The number of nitrogens with zero attached hydrogens (tertiary/aromatic N) is 4. The van der Waals surface area contributed by atoms with Crippen LogP contribution in [-0.2, 0) is 9.53 Å². The molecule has 0 spiro atoms. The van der Waals surface area contributed by atoms with Gasteiger partial charge in [0.05, 0.1) is 12.6 Å². The van der Waals surface area contributed by atoms with Gasteiger partial charge in [-0.3, -0.25) is 14.7 Å². The van der Waals surface area contributed by atoms with Crippen molar-refractivity contribution in [3.8, 4) is 0 Å². The zero-order valence-corrected chi connectivity index (χ0v) is 17.3. The van der Waals surface area contributed by atoms with Crippen LogP contribution >= 0.6 is 0 Å². The Hall–Kier alpha value is -1.34. The number of aliphatic imine (C=N–C) groups is 1. The Bertz CT molecular complexity index is 475. The average molecular weight is 368 g/mol. The van der Waals surface area contributed by atoms with Gasteiger partial charge in [0.25, 0.3) is 0 Å². The molecule has 1 atom stereocenters. The third-order valence-electron chi connectivity index (χ3n) is 5.40. The van der Waals surface area contributed by atoms with E-state index in [0.717, 1.165) is 64.6 Å². The van der Waals surface area contributed by atoms with Gasteiger partial charge in [0.15, 0.2) is 5.96 Å². The summed E-state index contributed by atoms with van der Waals surface area (Å²) in [6, 6.07) is 0. The maximum atomic E-state index is 12.3. The summed E-state index contributed by atoms with van der Waals surface area (Å²) in [4.78, 5) is 23.3. The molecule has 0 aromatic carbocycles. The van der Waals surface area contributed by atoms with Gasteiger partial charge in [0.2, 0.25) is 5.91 Å². The molecule has 2 saturated heterocycles. The predicted molar refractivity (Wildman–Crippen MR) is 105 cm³/mol. The number of carbonyl (C=O) groups excluding carboxylic acids is 1. The topological polar surface area (TPSA) is 60.4 Å². The third kappa shape index (κ3) is 5.84. The van der Waals surface area contributed by atoms with E-state index in [1.54, 1.807) is 7.11 Å². The summed E-state index contributed by atoms with van der Waals surface area (Å²) >= 11 is 0. The molecule has 1 amide bonds. The number of ether oxygens (including phenoxy) is 1. The second-order valence-electron chi connectivity index (χ2n) is 8.37. The van der Waals surface area contributed by atoms with Crippen molar-refractivity contribution in [3.63, 3.8) is 0 Å². The molecule has 0 bridgehead atoms.